The average molecular weight is 355 g/mol. The number of rotatable bonds is 3. The number of ketones is 1. The lowest BCUT2D eigenvalue weighted by atomic mass is 10.0. The number of benzene rings is 1. The van der Waals surface area contributed by atoms with Crippen LogP contribution < -0.4 is 4.90 Å². The minimum absolute atomic E-state index is 0.182. The molecule has 3 heterocycles. The van der Waals surface area contributed by atoms with E-state index in [-0.39, 0.29) is 24.3 Å². The Morgan fingerprint density at radius 3 is 2.88 bits per heavy atom. The number of hydrogen-bond donors (Lipinski definition) is 1. The van der Waals surface area contributed by atoms with E-state index in [4.69, 9.17) is 4.42 Å². The maximum Gasteiger partial charge on any atom is 0.301 e. The molecule has 0 saturated carbocycles. The molecule has 0 aliphatic carbocycles. The lowest BCUT2D eigenvalue weighted by Crippen LogP contribution is -2.60. The first-order valence-electron chi connectivity index (χ1n) is 8.31. The number of carbonyl (C=O) groups is 1. The molecule has 1 N–H and O–H groups in total. The van der Waals surface area contributed by atoms with E-state index in [1.54, 1.807) is 24.4 Å². The number of allylic oxidation sites excluding steroid dienone is 2. The average Bonchev–Trinajstić information content (AvgIpc) is 3.08. The van der Waals surface area contributed by atoms with Gasteiger partial charge in [-0.2, -0.15) is 0 Å². The maximum atomic E-state index is 13.0. The van der Waals surface area contributed by atoms with Gasteiger partial charge in [0.1, 0.15) is 17.6 Å². The molecular formula is C19H18FN3O3. The second-order valence-electron chi connectivity index (χ2n) is 6.49. The van der Waals surface area contributed by atoms with Crippen molar-refractivity contribution in [3.8, 4) is 0 Å². The highest BCUT2D eigenvalue weighted by Crippen LogP contribution is 2.27. The van der Waals surface area contributed by atoms with Crippen molar-refractivity contribution in [2.45, 2.75) is 25.6 Å². The molecule has 26 heavy (non-hydrogen) atoms. The smallest absolute Gasteiger partial charge is 0.301 e. The molecule has 0 amide bonds. The highest BCUT2D eigenvalue weighted by molar-refractivity contribution is 5.93. The van der Waals surface area contributed by atoms with Crippen molar-refractivity contribution in [2.24, 2.45) is 0 Å². The Bertz CT molecular complexity index is 888. The van der Waals surface area contributed by atoms with E-state index in [2.05, 4.69) is 4.98 Å². The van der Waals surface area contributed by atoms with E-state index in [1.807, 2.05) is 24.1 Å². The number of nitrogens with zero attached hydrogens (tertiary/aromatic N) is 3. The van der Waals surface area contributed by atoms with Crippen LogP contribution in [0.25, 0.3) is 0 Å². The van der Waals surface area contributed by atoms with Crippen molar-refractivity contribution in [3.63, 3.8) is 0 Å². The van der Waals surface area contributed by atoms with Gasteiger partial charge in [-0.15, -0.1) is 0 Å². The highest BCUT2D eigenvalue weighted by atomic mass is 19.1. The van der Waals surface area contributed by atoms with Gasteiger partial charge in [-0.3, -0.25) is 9.69 Å². The number of aliphatic hydroxyl groups excluding tert-OH is 1. The second kappa shape index (κ2) is 6.42. The number of hydrogen-bond acceptors (Lipinski definition) is 6. The monoisotopic (exact) mass is 355 g/mol. The Labute approximate surface area is 149 Å². The normalized spacial score (nSPS) is 22.4. The van der Waals surface area contributed by atoms with Gasteiger partial charge in [0.05, 0.1) is 12.9 Å². The number of aromatic nitrogens is 1. The van der Waals surface area contributed by atoms with Crippen LogP contribution in [0, 0.1) is 5.82 Å². The molecule has 6 nitrogen and oxygen atoms in total. The van der Waals surface area contributed by atoms with Crippen LogP contribution in [0.3, 0.4) is 0 Å². The van der Waals surface area contributed by atoms with Gasteiger partial charge in [-0.1, -0.05) is 24.3 Å². The van der Waals surface area contributed by atoms with E-state index >= 15 is 0 Å². The van der Waals surface area contributed by atoms with Gasteiger partial charge in [-0.05, 0) is 30.2 Å². The van der Waals surface area contributed by atoms with Gasteiger partial charge in [0, 0.05) is 12.6 Å². The topological polar surface area (TPSA) is 69.8 Å². The fourth-order valence-electron chi connectivity index (χ4n) is 3.17. The molecule has 4 rings (SSSR count). The van der Waals surface area contributed by atoms with Crippen molar-refractivity contribution in [3.05, 3.63) is 71.5 Å². The zero-order chi connectivity index (χ0) is 18.3. The summed E-state index contributed by atoms with van der Waals surface area (Å²) in [4.78, 5) is 19.9. The summed E-state index contributed by atoms with van der Waals surface area (Å²) in [5.74, 6) is -0.0522. The summed E-state index contributed by atoms with van der Waals surface area (Å²) < 4.78 is 18.7. The van der Waals surface area contributed by atoms with Crippen molar-refractivity contribution >= 4 is 11.8 Å². The standard InChI is InChI=1S/C19H18FN3O3/c1-12-2-7-16-17(24)18(25)23(11-22(16)10-12)19-21-9-15(26-19)8-13-3-5-14(20)6-4-13/h2-7,9-10,16,18,25H,8,11H2,1H3. The molecule has 0 spiro atoms. The van der Waals surface area contributed by atoms with Gasteiger partial charge in [0.25, 0.3) is 0 Å². The molecule has 1 saturated heterocycles. The van der Waals surface area contributed by atoms with Crippen molar-refractivity contribution in [2.75, 3.05) is 11.6 Å². The molecule has 7 heteroatoms. The summed E-state index contributed by atoms with van der Waals surface area (Å²) in [7, 11) is 0. The molecule has 2 atom stereocenters. The first-order valence-corrected chi connectivity index (χ1v) is 8.31. The highest BCUT2D eigenvalue weighted by Gasteiger charge is 2.40. The summed E-state index contributed by atoms with van der Waals surface area (Å²) in [6, 6.07) is 5.83. The van der Waals surface area contributed by atoms with Gasteiger partial charge in [0.2, 0.25) is 5.78 Å². The summed E-state index contributed by atoms with van der Waals surface area (Å²) in [6.07, 6.45) is 6.22. The van der Waals surface area contributed by atoms with Crippen LogP contribution in [-0.2, 0) is 11.2 Å². The van der Waals surface area contributed by atoms with Crippen molar-refractivity contribution in [1.29, 1.82) is 0 Å². The molecular weight excluding hydrogens is 337 g/mol. The lowest BCUT2D eigenvalue weighted by molar-refractivity contribution is -0.133. The van der Waals surface area contributed by atoms with E-state index < -0.39 is 12.3 Å². The zero-order valence-corrected chi connectivity index (χ0v) is 14.2. The van der Waals surface area contributed by atoms with Gasteiger partial charge >= 0.3 is 6.01 Å². The molecule has 2 aliphatic rings. The second-order valence-corrected chi connectivity index (χ2v) is 6.49. The summed E-state index contributed by atoms with van der Waals surface area (Å²) in [5.41, 5.74) is 1.90. The van der Waals surface area contributed by atoms with Crippen LogP contribution in [0.2, 0.25) is 0 Å². The molecule has 1 fully saturated rings. The molecule has 0 bridgehead atoms. The molecule has 0 radical (unpaired) electrons. The van der Waals surface area contributed by atoms with E-state index in [0.717, 1.165) is 11.1 Å². The van der Waals surface area contributed by atoms with E-state index in [0.29, 0.717) is 12.2 Å². The van der Waals surface area contributed by atoms with Crippen molar-refractivity contribution in [1.82, 2.24) is 9.88 Å². The van der Waals surface area contributed by atoms with Gasteiger partial charge < -0.3 is 14.4 Å². The molecule has 2 aliphatic heterocycles. The number of Topliss-reactive ketones (excluding diaryl/α,β-unsaturated/α-hetero) is 1. The number of fused-ring (bicyclic) bond motifs is 1. The van der Waals surface area contributed by atoms with Crippen LogP contribution in [0.4, 0.5) is 10.4 Å². The SMILES string of the molecule is CC1=CN2CN(c3ncc(Cc4ccc(F)cc4)o3)C(O)C(=O)C2C=C1. The predicted octanol–water partition coefficient (Wildman–Crippen LogP) is 2.21. The quantitative estimate of drug-likeness (QED) is 0.910. The number of carbonyl (C=O) groups excluding carboxylic acids is 1. The summed E-state index contributed by atoms with van der Waals surface area (Å²) in [6.45, 7) is 2.23. The molecule has 1 aromatic heterocycles. The zero-order valence-electron chi connectivity index (χ0n) is 14.2. The minimum Gasteiger partial charge on any atom is -0.428 e. The van der Waals surface area contributed by atoms with Crippen molar-refractivity contribution < 1.29 is 18.7 Å². The molecule has 1 aromatic carbocycles. The number of aliphatic hydroxyl groups is 1. The largest absolute Gasteiger partial charge is 0.428 e. The first-order chi connectivity index (χ1) is 12.5. The van der Waals surface area contributed by atoms with Crippen LogP contribution in [0.5, 0.6) is 0 Å². The third kappa shape index (κ3) is 3.01. The van der Waals surface area contributed by atoms with Crippen LogP contribution in [-0.4, -0.2) is 39.7 Å². The maximum absolute atomic E-state index is 13.0. The fraction of sp³-hybridized carbons (Fsp3) is 0.263. The third-order valence-corrected chi connectivity index (χ3v) is 4.50. The van der Waals surface area contributed by atoms with Crippen LogP contribution in [0.1, 0.15) is 18.2 Å². The lowest BCUT2D eigenvalue weighted by Gasteiger charge is -2.42. The minimum atomic E-state index is -1.31. The summed E-state index contributed by atoms with van der Waals surface area (Å²) in [5, 5.41) is 10.4. The molecule has 2 aromatic rings. The molecule has 134 valence electrons. The Morgan fingerprint density at radius 2 is 2.12 bits per heavy atom. The van der Waals surface area contributed by atoms with E-state index in [9.17, 15) is 14.3 Å². The Balaban J connectivity index is 1.54. The predicted molar refractivity (Wildman–Crippen MR) is 92.6 cm³/mol. The van der Waals surface area contributed by atoms with Gasteiger partial charge in [-0.25, -0.2) is 9.37 Å². The Hall–Kier alpha value is -2.93. The Morgan fingerprint density at radius 1 is 1.35 bits per heavy atom. The summed E-state index contributed by atoms with van der Waals surface area (Å²) >= 11 is 0. The van der Waals surface area contributed by atoms with E-state index in [1.165, 1.54) is 17.0 Å². The van der Waals surface area contributed by atoms with Crippen LogP contribution >= 0.6 is 0 Å². The number of halogens is 1. The van der Waals surface area contributed by atoms with Crippen LogP contribution in [0.15, 0.2) is 58.8 Å². The molecule has 2 unspecified atom stereocenters. The van der Waals surface area contributed by atoms with Gasteiger partial charge in [0.15, 0.2) is 6.23 Å². The number of anilines is 1. The first kappa shape index (κ1) is 16.5. The fourth-order valence-corrected chi connectivity index (χ4v) is 3.17. The third-order valence-electron chi connectivity index (χ3n) is 4.50. The number of oxazole rings is 1. The Kier molecular flexibility index (Phi) is 4.08.